The third-order valence-electron chi connectivity index (χ3n) is 3.69. The second-order valence-corrected chi connectivity index (χ2v) is 6.30. The molecule has 3 rings (SSSR count). The van der Waals surface area contributed by atoms with E-state index in [2.05, 4.69) is 25.8 Å². The predicted octanol–water partition coefficient (Wildman–Crippen LogP) is 4.38. The smallest absolute Gasteiger partial charge is 0.348 e. The lowest BCUT2D eigenvalue weighted by Gasteiger charge is -2.01. The van der Waals surface area contributed by atoms with Gasteiger partial charge in [0.2, 0.25) is 0 Å². The summed E-state index contributed by atoms with van der Waals surface area (Å²) in [6.07, 6.45) is 3.28. The van der Waals surface area contributed by atoms with Crippen molar-refractivity contribution < 1.29 is 9.53 Å². The quantitative estimate of drug-likeness (QED) is 0.365. The maximum Gasteiger partial charge on any atom is 0.348 e. The summed E-state index contributed by atoms with van der Waals surface area (Å²) in [6.45, 7) is 0. The van der Waals surface area contributed by atoms with E-state index >= 15 is 0 Å². The minimum absolute atomic E-state index is 0.0867. The molecule has 0 aliphatic heterocycles. The molecule has 0 amide bonds. The van der Waals surface area contributed by atoms with E-state index in [1.807, 2.05) is 60.7 Å². The molecule has 1 aromatic heterocycles. The summed E-state index contributed by atoms with van der Waals surface area (Å²) in [4.78, 5) is 11.8. The van der Waals surface area contributed by atoms with Crippen LogP contribution in [0.4, 0.5) is 0 Å². The third-order valence-corrected chi connectivity index (χ3v) is 4.18. The van der Waals surface area contributed by atoms with Gasteiger partial charge in [0.25, 0.3) is 0 Å². The number of nitrogens with zero attached hydrogens (tertiary/aromatic N) is 3. The summed E-state index contributed by atoms with van der Waals surface area (Å²) in [5, 5.41) is 13.9. The zero-order valence-electron chi connectivity index (χ0n) is 13.9. The normalized spacial score (nSPS) is 11.0. The van der Waals surface area contributed by atoms with Crippen LogP contribution in [0.25, 0.3) is 23.0 Å². The molecule has 3 aromatic rings. The van der Waals surface area contributed by atoms with Crippen molar-refractivity contribution in [2.45, 2.75) is 0 Å². The molecule has 6 heteroatoms. The molecule has 0 radical (unpaired) electrons. The molecule has 128 valence electrons. The third kappa shape index (κ3) is 3.73. The van der Waals surface area contributed by atoms with Crippen molar-refractivity contribution in [2.75, 3.05) is 7.11 Å². The average Bonchev–Trinajstić information content (AvgIpc) is 3.10. The van der Waals surface area contributed by atoms with Crippen LogP contribution in [-0.4, -0.2) is 22.9 Å². The Morgan fingerprint density at radius 2 is 2.00 bits per heavy atom. The summed E-state index contributed by atoms with van der Waals surface area (Å²) in [5.74, 6) is -0.680. The van der Waals surface area contributed by atoms with Crippen LogP contribution in [0.1, 0.15) is 5.56 Å². The van der Waals surface area contributed by atoms with Gasteiger partial charge in [0, 0.05) is 21.8 Å². The Morgan fingerprint density at radius 1 is 1.23 bits per heavy atom. The number of benzene rings is 2. The Kier molecular flexibility index (Phi) is 5.30. The fourth-order valence-corrected chi connectivity index (χ4v) is 2.87. The number of carbonyl (C=O) groups excluding carboxylic acids is 1. The number of halogens is 1. The number of rotatable bonds is 4. The van der Waals surface area contributed by atoms with Crippen molar-refractivity contribution in [1.82, 2.24) is 9.78 Å². The van der Waals surface area contributed by atoms with E-state index in [1.165, 1.54) is 13.2 Å². The standard InChI is InChI=1S/C20H14BrN3O2/c1-26-20(25)15(12-22)10-16-13-24(18-8-3-2-4-9-18)23-19(16)14-6-5-7-17(21)11-14/h2-11,13H,1H3/b15-10+. The van der Waals surface area contributed by atoms with Crippen LogP contribution in [-0.2, 0) is 9.53 Å². The molecular weight excluding hydrogens is 394 g/mol. The van der Waals surface area contributed by atoms with Gasteiger partial charge in [-0.1, -0.05) is 46.3 Å². The Labute approximate surface area is 159 Å². The first-order chi connectivity index (χ1) is 12.6. The number of hydrogen-bond donors (Lipinski definition) is 0. The minimum atomic E-state index is -0.680. The Balaban J connectivity index is 2.18. The molecular formula is C20H14BrN3O2. The van der Waals surface area contributed by atoms with Gasteiger partial charge in [-0.3, -0.25) is 0 Å². The number of para-hydroxylation sites is 1. The van der Waals surface area contributed by atoms with E-state index in [0.29, 0.717) is 11.3 Å². The molecule has 1 heterocycles. The molecule has 2 aromatic carbocycles. The fraction of sp³-hybridized carbons (Fsp3) is 0.0500. The first kappa shape index (κ1) is 17.6. The molecule has 0 atom stereocenters. The lowest BCUT2D eigenvalue weighted by molar-refractivity contribution is -0.135. The highest BCUT2D eigenvalue weighted by Crippen LogP contribution is 2.28. The zero-order chi connectivity index (χ0) is 18.5. The number of aromatic nitrogens is 2. The molecule has 0 unspecified atom stereocenters. The topological polar surface area (TPSA) is 67.9 Å². The van der Waals surface area contributed by atoms with Crippen LogP contribution in [0.3, 0.4) is 0 Å². The van der Waals surface area contributed by atoms with Crippen LogP contribution >= 0.6 is 15.9 Å². The maximum absolute atomic E-state index is 11.8. The molecule has 0 aliphatic rings. The van der Waals surface area contributed by atoms with Gasteiger partial charge in [-0.25, -0.2) is 9.48 Å². The van der Waals surface area contributed by atoms with Crippen LogP contribution < -0.4 is 0 Å². The van der Waals surface area contributed by atoms with Crippen molar-refractivity contribution in [3.63, 3.8) is 0 Å². The van der Waals surface area contributed by atoms with Crippen LogP contribution in [0.15, 0.2) is 70.8 Å². The van der Waals surface area contributed by atoms with E-state index in [-0.39, 0.29) is 5.57 Å². The second kappa shape index (κ2) is 7.81. The molecule has 0 fully saturated rings. The van der Waals surface area contributed by atoms with Crippen molar-refractivity contribution in [2.24, 2.45) is 0 Å². The molecule has 0 aliphatic carbocycles. The average molecular weight is 408 g/mol. The highest BCUT2D eigenvalue weighted by Gasteiger charge is 2.15. The van der Waals surface area contributed by atoms with E-state index in [4.69, 9.17) is 0 Å². The van der Waals surface area contributed by atoms with E-state index in [9.17, 15) is 10.1 Å². The highest BCUT2D eigenvalue weighted by molar-refractivity contribution is 9.10. The van der Waals surface area contributed by atoms with Gasteiger partial charge in [-0.2, -0.15) is 10.4 Å². The summed E-state index contributed by atoms with van der Waals surface area (Å²) >= 11 is 3.46. The van der Waals surface area contributed by atoms with Gasteiger partial charge >= 0.3 is 5.97 Å². The summed E-state index contributed by atoms with van der Waals surface area (Å²) < 4.78 is 7.29. The van der Waals surface area contributed by atoms with Gasteiger partial charge in [0.05, 0.1) is 12.8 Å². The van der Waals surface area contributed by atoms with Crippen molar-refractivity contribution in [3.8, 4) is 23.0 Å². The molecule has 0 saturated heterocycles. The molecule has 0 bridgehead atoms. The minimum Gasteiger partial charge on any atom is -0.465 e. The highest BCUT2D eigenvalue weighted by atomic mass is 79.9. The fourth-order valence-electron chi connectivity index (χ4n) is 2.47. The van der Waals surface area contributed by atoms with Gasteiger partial charge in [-0.05, 0) is 30.3 Å². The van der Waals surface area contributed by atoms with Crippen LogP contribution in [0.2, 0.25) is 0 Å². The lowest BCUT2D eigenvalue weighted by atomic mass is 10.1. The molecule has 0 N–H and O–H groups in total. The maximum atomic E-state index is 11.8. The summed E-state index contributed by atoms with van der Waals surface area (Å²) in [5.41, 5.74) is 2.96. The van der Waals surface area contributed by atoms with Gasteiger partial charge in [-0.15, -0.1) is 0 Å². The number of ether oxygens (including phenoxy) is 1. The number of methoxy groups -OCH3 is 1. The number of esters is 1. The van der Waals surface area contributed by atoms with Crippen LogP contribution in [0, 0.1) is 11.3 Å². The number of nitriles is 1. The molecule has 0 spiro atoms. The molecule has 0 saturated carbocycles. The van der Waals surface area contributed by atoms with Gasteiger partial charge in [0.1, 0.15) is 17.3 Å². The lowest BCUT2D eigenvalue weighted by Crippen LogP contribution is -2.02. The van der Waals surface area contributed by atoms with Crippen molar-refractivity contribution in [3.05, 3.63) is 76.4 Å². The van der Waals surface area contributed by atoms with E-state index in [1.54, 1.807) is 10.9 Å². The second-order valence-electron chi connectivity index (χ2n) is 5.38. The van der Waals surface area contributed by atoms with Crippen LogP contribution in [0.5, 0.6) is 0 Å². The number of hydrogen-bond acceptors (Lipinski definition) is 4. The monoisotopic (exact) mass is 407 g/mol. The largest absolute Gasteiger partial charge is 0.465 e. The Morgan fingerprint density at radius 3 is 2.65 bits per heavy atom. The first-order valence-corrected chi connectivity index (χ1v) is 8.53. The first-order valence-electron chi connectivity index (χ1n) is 7.73. The summed E-state index contributed by atoms with van der Waals surface area (Å²) in [6, 6.07) is 19.2. The van der Waals surface area contributed by atoms with E-state index < -0.39 is 5.97 Å². The van der Waals surface area contributed by atoms with Gasteiger partial charge < -0.3 is 4.74 Å². The summed E-state index contributed by atoms with van der Waals surface area (Å²) in [7, 11) is 1.25. The zero-order valence-corrected chi connectivity index (χ0v) is 15.5. The number of carbonyl (C=O) groups is 1. The van der Waals surface area contributed by atoms with Gasteiger partial charge in [0.15, 0.2) is 0 Å². The van der Waals surface area contributed by atoms with Crippen molar-refractivity contribution >= 4 is 28.0 Å². The van der Waals surface area contributed by atoms with Crippen molar-refractivity contribution in [1.29, 1.82) is 5.26 Å². The molecule has 26 heavy (non-hydrogen) atoms. The molecule has 5 nitrogen and oxygen atoms in total. The Hall–Kier alpha value is -3.17. The predicted molar refractivity (Wildman–Crippen MR) is 102 cm³/mol. The Bertz CT molecular complexity index is 1020. The SMILES string of the molecule is COC(=O)/C(C#N)=C/c1cn(-c2ccccc2)nc1-c1cccc(Br)c1. The van der Waals surface area contributed by atoms with E-state index in [0.717, 1.165) is 15.7 Å².